The molecule has 4 rings (SSSR count). The van der Waals surface area contributed by atoms with Gasteiger partial charge in [0.2, 0.25) is 5.91 Å². The lowest BCUT2D eigenvalue weighted by atomic mass is 10.0. The van der Waals surface area contributed by atoms with Crippen LogP contribution in [0.25, 0.3) is 10.8 Å². The smallest absolute Gasteiger partial charge is 0.259 e. The minimum atomic E-state index is -0.196. The Hall–Kier alpha value is -2.54. The number of nitrogens with one attached hydrogen (secondary N) is 1. The molecule has 0 saturated carbocycles. The number of fused-ring (bicyclic) bond motifs is 2. The second-order valence-electron chi connectivity index (χ2n) is 6.99. The Balaban J connectivity index is 1.60. The maximum absolute atomic E-state index is 12.8. The highest BCUT2D eigenvalue weighted by Gasteiger charge is 2.37. The largest absolute Gasteiger partial charge is 0.493 e. The summed E-state index contributed by atoms with van der Waals surface area (Å²) in [6.07, 6.45) is 1.66. The molecule has 0 aliphatic carbocycles. The number of carbonyl (C=O) groups is 1. The van der Waals surface area contributed by atoms with Gasteiger partial charge in [-0.25, -0.2) is 0 Å². The number of hydrogen-bond acceptors (Lipinski definition) is 5. The van der Waals surface area contributed by atoms with Gasteiger partial charge >= 0.3 is 0 Å². The maximum Gasteiger partial charge on any atom is 0.259 e. The van der Waals surface area contributed by atoms with Gasteiger partial charge in [-0.3, -0.25) is 9.59 Å². The summed E-state index contributed by atoms with van der Waals surface area (Å²) in [5.74, 6) is 2.19. The van der Waals surface area contributed by atoms with Crippen LogP contribution in [0.4, 0.5) is 0 Å². The SMILES string of the molecule is COc1ccc2c(=O)n(CC(=O)N3C[C@H]4CNC[C@H]4C3)ccc2c1OC. The van der Waals surface area contributed by atoms with Crippen LogP contribution in [0.3, 0.4) is 0 Å². The molecule has 2 saturated heterocycles. The number of likely N-dealkylation sites (tertiary alicyclic amines) is 1. The van der Waals surface area contributed by atoms with Crippen LogP contribution in [-0.4, -0.2) is 55.8 Å². The van der Waals surface area contributed by atoms with Gasteiger partial charge in [0.25, 0.3) is 5.56 Å². The van der Waals surface area contributed by atoms with Gasteiger partial charge in [0.15, 0.2) is 11.5 Å². The third-order valence-electron chi connectivity index (χ3n) is 5.54. The first kappa shape index (κ1) is 16.9. The highest BCUT2D eigenvalue weighted by Crippen LogP contribution is 2.33. The minimum Gasteiger partial charge on any atom is -0.493 e. The van der Waals surface area contributed by atoms with E-state index in [1.165, 1.54) is 4.57 Å². The van der Waals surface area contributed by atoms with Gasteiger partial charge in [0.1, 0.15) is 6.54 Å². The van der Waals surface area contributed by atoms with Crippen LogP contribution in [0, 0.1) is 11.8 Å². The van der Waals surface area contributed by atoms with Crippen molar-refractivity contribution in [2.24, 2.45) is 11.8 Å². The van der Waals surface area contributed by atoms with Gasteiger partial charge in [-0.05, 0) is 30.0 Å². The Morgan fingerprint density at radius 1 is 1.12 bits per heavy atom. The first-order valence-electron chi connectivity index (χ1n) is 8.85. The van der Waals surface area contributed by atoms with Gasteiger partial charge in [0.05, 0.1) is 19.6 Å². The van der Waals surface area contributed by atoms with Gasteiger partial charge in [0, 0.05) is 37.8 Å². The summed E-state index contributed by atoms with van der Waals surface area (Å²) in [5.41, 5.74) is -0.196. The topological polar surface area (TPSA) is 72.8 Å². The lowest BCUT2D eigenvalue weighted by molar-refractivity contribution is -0.131. The molecule has 2 aliphatic heterocycles. The molecule has 2 aromatic rings. The number of aromatic nitrogens is 1. The lowest BCUT2D eigenvalue weighted by Crippen LogP contribution is -2.36. The van der Waals surface area contributed by atoms with E-state index in [0.717, 1.165) is 26.2 Å². The zero-order valence-corrected chi connectivity index (χ0v) is 15.0. The monoisotopic (exact) mass is 357 g/mol. The van der Waals surface area contributed by atoms with Crippen molar-refractivity contribution in [2.75, 3.05) is 40.4 Å². The summed E-state index contributed by atoms with van der Waals surface area (Å²) in [4.78, 5) is 27.4. The number of amides is 1. The number of nitrogens with zero attached hydrogens (tertiary/aromatic N) is 2. The van der Waals surface area contributed by atoms with E-state index in [4.69, 9.17) is 9.47 Å². The second-order valence-corrected chi connectivity index (χ2v) is 6.99. The highest BCUT2D eigenvalue weighted by atomic mass is 16.5. The van der Waals surface area contributed by atoms with Crippen molar-refractivity contribution in [1.29, 1.82) is 0 Å². The molecule has 0 spiro atoms. The van der Waals surface area contributed by atoms with Crippen LogP contribution in [-0.2, 0) is 11.3 Å². The highest BCUT2D eigenvalue weighted by molar-refractivity contribution is 5.90. The Morgan fingerprint density at radius 3 is 2.50 bits per heavy atom. The van der Waals surface area contributed by atoms with Crippen LogP contribution in [0.15, 0.2) is 29.2 Å². The predicted octanol–water partition coefficient (Wildman–Crippen LogP) is 0.697. The summed E-state index contributed by atoms with van der Waals surface area (Å²) in [7, 11) is 3.11. The van der Waals surface area contributed by atoms with E-state index in [1.807, 2.05) is 4.90 Å². The zero-order chi connectivity index (χ0) is 18.3. The Morgan fingerprint density at radius 2 is 1.85 bits per heavy atom. The Labute approximate surface area is 151 Å². The average molecular weight is 357 g/mol. The van der Waals surface area contributed by atoms with Crippen molar-refractivity contribution in [3.8, 4) is 11.5 Å². The molecule has 3 heterocycles. The van der Waals surface area contributed by atoms with Crippen molar-refractivity contribution in [3.63, 3.8) is 0 Å². The van der Waals surface area contributed by atoms with Crippen molar-refractivity contribution < 1.29 is 14.3 Å². The van der Waals surface area contributed by atoms with Crippen molar-refractivity contribution in [2.45, 2.75) is 6.54 Å². The summed E-state index contributed by atoms with van der Waals surface area (Å²) in [6.45, 7) is 3.59. The van der Waals surface area contributed by atoms with E-state index in [0.29, 0.717) is 34.1 Å². The van der Waals surface area contributed by atoms with Gasteiger partial charge in [-0.15, -0.1) is 0 Å². The fourth-order valence-corrected chi connectivity index (χ4v) is 4.12. The average Bonchev–Trinajstić information content (AvgIpc) is 3.25. The van der Waals surface area contributed by atoms with E-state index >= 15 is 0 Å². The first-order chi connectivity index (χ1) is 12.6. The molecule has 2 atom stereocenters. The number of hydrogen-bond donors (Lipinski definition) is 1. The van der Waals surface area contributed by atoms with Crippen LogP contribution in [0.5, 0.6) is 11.5 Å². The summed E-state index contributed by atoms with van der Waals surface area (Å²) >= 11 is 0. The van der Waals surface area contributed by atoms with Crippen molar-refractivity contribution in [3.05, 3.63) is 34.7 Å². The molecule has 2 fully saturated rings. The fourth-order valence-electron chi connectivity index (χ4n) is 4.12. The number of benzene rings is 1. The Kier molecular flexibility index (Phi) is 4.32. The van der Waals surface area contributed by atoms with E-state index in [9.17, 15) is 9.59 Å². The standard InChI is InChI=1S/C19H23N3O4/c1-25-16-4-3-15-14(18(16)26-2)5-6-21(19(15)24)11-17(23)22-9-12-7-20-8-13(12)10-22/h3-6,12-13,20H,7-11H2,1-2H3/t12-,13+. The van der Waals surface area contributed by atoms with Gasteiger partial charge in [-0.2, -0.15) is 0 Å². The molecule has 1 aromatic heterocycles. The summed E-state index contributed by atoms with van der Waals surface area (Å²) in [6, 6.07) is 5.23. The number of carbonyl (C=O) groups excluding carboxylic acids is 1. The first-order valence-corrected chi connectivity index (χ1v) is 8.85. The lowest BCUT2D eigenvalue weighted by Gasteiger charge is -2.18. The molecular weight excluding hydrogens is 334 g/mol. The van der Waals surface area contributed by atoms with Crippen molar-refractivity contribution >= 4 is 16.7 Å². The third kappa shape index (κ3) is 2.72. The van der Waals surface area contributed by atoms with E-state index in [2.05, 4.69) is 5.32 Å². The predicted molar refractivity (Wildman–Crippen MR) is 97.7 cm³/mol. The molecule has 0 bridgehead atoms. The molecular formula is C19H23N3O4. The molecule has 138 valence electrons. The zero-order valence-electron chi connectivity index (χ0n) is 15.0. The summed E-state index contributed by atoms with van der Waals surface area (Å²) < 4.78 is 12.2. The van der Waals surface area contributed by atoms with Crippen molar-refractivity contribution in [1.82, 2.24) is 14.8 Å². The fraction of sp³-hybridized carbons (Fsp3) is 0.474. The number of rotatable bonds is 4. The van der Waals surface area contributed by atoms with Gasteiger partial charge < -0.3 is 24.3 Å². The molecule has 2 aliphatic rings. The molecule has 1 amide bonds. The Bertz CT molecular complexity index is 896. The molecule has 7 nitrogen and oxygen atoms in total. The third-order valence-corrected chi connectivity index (χ3v) is 5.54. The molecule has 1 aromatic carbocycles. The maximum atomic E-state index is 12.8. The van der Waals surface area contributed by atoms with Crippen LogP contribution >= 0.6 is 0 Å². The molecule has 7 heteroatoms. The molecule has 0 radical (unpaired) electrons. The van der Waals surface area contributed by atoms with E-state index in [-0.39, 0.29) is 18.0 Å². The van der Waals surface area contributed by atoms with Gasteiger partial charge in [-0.1, -0.05) is 0 Å². The quantitative estimate of drug-likeness (QED) is 0.872. The van der Waals surface area contributed by atoms with E-state index < -0.39 is 0 Å². The number of pyridine rings is 1. The second kappa shape index (κ2) is 6.64. The van der Waals surface area contributed by atoms with Crippen LogP contribution in [0.1, 0.15) is 0 Å². The molecule has 1 N–H and O–H groups in total. The number of ether oxygens (including phenoxy) is 2. The summed E-state index contributed by atoms with van der Waals surface area (Å²) in [5, 5.41) is 4.56. The van der Waals surface area contributed by atoms with E-state index in [1.54, 1.807) is 38.6 Å². The van der Waals surface area contributed by atoms with Crippen LogP contribution in [0.2, 0.25) is 0 Å². The number of methoxy groups -OCH3 is 2. The molecule has 0 unspecified atom stereocenters. The normalized spacial score (nSPS) is 21.8. The van der Waals surface area contributed by atoms with Crippen LogP contribution < -0.4 is 20.3 Å². The molecule has 26 heavy (non-hydrogen) atoms. The minimum absolute atomic E-state index is 0.00123.